The molecule has 3 aromatic rings. The van der Waals surface area contributed by atoms with Crippen LogP contribution in [0.5, 0.6) is 0 Å². The molecular weight excluding hydrogens is 388 g/mol. The van der Waals surface area contributed by atoms with E-state index < -0.39 is 10.0 Å². The topological polar surface area (TPSA) is 66.5 Å². The van der Waals surface area contributed by atoms with Crippen LogP contribution in [0.3, 0.4) is 0 Å². The van der Waals surface area contributed by atoms with Gasteiger partial charge in [-0.25, -0.2) is 8.42 Å². The summed E-state index contributed by atoms with van der Waals surface area (Å²) in [6, 6.07) is 12.5. The molecule has 0 bridgehead atoms. The van der Waals surface area contributed by atoms with Crippen molar-refractivity contribution < 1.29 is 13.2 Å². The van der Waals surface area contributed by atoms with Gasteiger partial charge in [-0.1, -0.05) is 18.2 Å². The third-order valence-electron chi connectivity index (χ3n) is 3.83. The first-order valence-electron chi connectivity index (χ1n) is 7.82. The van der Waals surface area contributed by atoms with Crippen LogP contribution in [-0.4, -0.2) is 21.4 Å². The molecule has 0 aliphatic rings. The average molecular weight is 407 g/mol. The van der Waals surface area contributed by atoms with Gasteiger partial charge in [0.05, 0.1) is 22.0 Å². The summed E-state index contributed by atoms with van der Waals surface area (Å²) in [4.78, 5) is 13.8. The number of hydrogen-bond acceptors (Lipinski definition) is 5. The maximum atomic E-state index is 12.8. The zero-order valence-corrected chi connectivity index (χ0v) is 16.7. The molecular formula is C18H18N2O3S3. The fourth-order valence-corrected chi connectivity index (χ4v) is 5.37. The third-order valence-corrected chi connectivity index (χ3v) is 7.54. The van der Waals surface area contributed by atoms with Gasteiger partial charge in [0.2, 0.25) is 0 Å². The molecule has 0 radical (unpaired) electrons. The summed E-state index contributed by atoms with van der Waals surface area (Å²) < 4.78 is 26.9. The average Bonchev–Trinajstić information content (AvgIpc) is 3.31. The molecule has 0 atom stereocenters. The number of amides is 1. The van der Waals surface area contributed by atoms with E-state index in [1.807, 2.05) is 36.6 Å². The van der Waals surface area contributed by atoms with Crippen molar-refractivity contribution in [2.24, 2.45) is 0 Å². The van der Waals surface area contributed by atoms with Gasteiger partial charge in [-0.3, -0.25) is 9.10 Å². The van der Waals surface area contributed by atoms with Crippen LogP contribution in [0, 0.1) is 6.92 Å². The Kier molecular flexibility index (Phi) is 5.45. The maximum Gasteiger partial charge on any atom is 0.264 e. The van der Waals surface area contributed by atoms with Crippen LogP contribution in [0.1, 0.15) is 20.1 Å². The Labute approximate surface area is 161 Å². The lowest BCUT2D eigenvalue weighted by molar-refractivity contribution is 0.0955. The normalized spacial score (nSPS) is 11.3. The molecule has 0 fully saturated rings. The highest BCUT2D eigenvalue weighted by atomic mass is 32.2. The molecule has 0 spiro atoms. The molecule has 1 amide bonds. The molecule has 0 saturated heterocycles. The van der Waals surface area contributed by atoms with Gasteiger partial charge < -0.3 is 5.32 Å². The summed E-state index contributed by atoms with van der Waals surface area (Å²) >= 11 is 2.68. The Balaban J connectivity index is 1.76. The highest BCUT2D eigenvalue weighted by Crippen LogP contribution is 2.26. The second-order valence-corrected chi connectivity index (χ2v) is 9.63. The minimum Gasteiger partial charge on any atom is -0.346 e. The standard InChI is InChI=1S/C18H18N2O3S3/c1-13-5-3-6-14(9-13)20(2)26(22,23)16-10-17(25-12-16)18(21)19-11-15-7-4-8-24-15/h3-10,12H,11H2,1-2H3,(H,19,21). The Morgan fingerprint density at radius 2 is 1.96 bits per heavy atom. The van der Waals surface area contributed by atoms with Crippen LogP contribution >= 0.6 is 22.7 Å². The minimum absolute atomic E-state index is 0.118. The monoisotopic (exact) mass is 406 g/mol. The number of anilines is 1. The zero-order chi connectivity index (χ0) is 18.7. The van der Waals surface area contributed by atoms with E-state index in [4.69, 9.17) is 0 Å². The Hall–Kier alpha value is -2.16. The third kappa shape index (κ3) is 3.98. The van der Waals surface area contributed by atoms with E-state index >= 15 is 0 Å². The molecule has 5 nitrogen and oxygen atoms in total. The van der Waals surface area contributed by atoms with Crippen molar-refractivity contribution in [2.75, 3.05) is 11.4 Å². The quantitative estimate of drug-likeness (QED) is 0.676. The van der Waals surface area contributed by atoms with Gasteiger partial charge in [-0.15, -0.1) is 22.7 Å². The highest BCUT2D eigenvalue weighted by molar-refractivity contribution is 7.93. The van der Waals surface area contributed by atoms with Gasteiger partial charge in [0.15, 0.2) is 0 Å². The number of carbonyl (C=O) groups excluding carboxylic acids is 1. The van der Waals surface area contributed by atoms with Crippen LogP contribution in [0.25, 0.3) is 0 Å². The van der Waals surface area contributed by atoms with E-state index in [-0.39, 0.29) is 10.8 Å². The zero-order valence-electron chi connectivity index (χ0n) is 14.3. The van der Waals surface area contributed by atoms with Gasteiger partial charge in [0.1, 0.15) is 0 Å². The number of rotatable bonds is 6. The second kappa shape index (κ2) is 7.61. The lowest BCUT2D eigenvalue weighted by Gasteiger charge is -2.19. The molecule has 2 heterocycles. The summed E-state index contributed by atoms with van der Waals surface area (Å²) in [6.45, 7) is 2.34. The molecule has 0 unspecified atom stereocenters. The number of sulfonamides is 1. The number of nitrogens with one attached hydrogen (secondary N) is 1. The van der Waals surface area contributed by atoms with Gasteiger partial charge in [0.25, 0.3) is 15.9 Å². The SMILES string of the molecule is Cc1cccc(N(C)S(=O)(=O)c2csc(C(=O)NCc3cccs3)c2)c1. The molecule has 2 aromatic heterocycles. The number of nitrogens with zero attached hydrogens (tertiary/aromatic N) is 1. The fourth-order valence-electron chi connectivity index (χ4n) is 2.36. The van der Waals surface area contributed by atoms with Crippen LogP contribution in [0.4, 0.5) is 5.69 Å². The molecule has 1 N–H and O–H groups in total. The first-order chi connectivity index (χ1) is 12.4. The lowest BCUT2D eigenvalue weighted by Crippen LogP contribution is -2.26. The fraction of sp³-hybridized carbons (Fsp3) is 0.167. The van der Waals surface area contributed by atoms with Crippen LogP contribution in [-0.2, 0) is 16.6 Å². The van der Waals surface area contributed by atoms with E-state index in [0.717, 1.165) is 21.8 Å². The summed E-state index contributed by atoms with van der Waals surface area (Å²) in [6.07, 6.45) is 0. The number of hydrogen-bond donors (Lipinski definition) is 1. The predicted octanol–water partition coefficient (Wildman–Crippen LogP) is 3.87. The molecule has 0 aliphatic carbocycles. The lowest BCUT2D eigenvalue weighted by atomic mass is 10.2. The smallest absolute Gasteiger partial charge is 0.264 e. The molecule has 0 aliphatic heterocycles. The van der Waals surface area contributed by atoms with Gasteiger partial charge in [-0.2, -0.15) is 0 Å². The second-order valence-electron chi connectivity index (χ2n) is 5.72. The summed E-state index contributed by atoms with van der Waals surface area (Å²) in [5.74, 6) is -0.275. The van der Waals surface area contributed by atoms with Crippen molar-refractivity contribution >= 4 is 44.3 Å². The van der Waals surface area contributed by atoms with Crippen LogP contribution < -0.4 is 9.62 Å². The summed E-state index contributed by atoms with van der Waals surface area (Å²) in [5, 5.41) is 6.25. The number of benzene rings is 1. The first kappa shape index (κ1) is 18.6. The molecule has 3 rings (SSSR count). The van der Waals surface area contributed by atoms with E-state index in [0.29, 0.717) is 17.1 Å². The number of aryl methyl sites for hydroxylation is 1. The number of carbonyl (C=O) groups is 1. The molecule has 0 saturated carbocycles. The van der Waals surface area contributed by atoms with E-state index in [1.165, 1.54) is 22.8 Å². The largest absolute Gasteiger partial charge is 0.346 e. The molecule has 8 heteroatoms. The van der Waals surface area contributed by atoms with E-state index in [9.17, 15) is 13.2 Å². The predicted molar refractivity (Wildman–Crippen MR) is 107 cm³/mol. The van der Waals surface area contributed by atoms with Crippen LogP contribution in [0.15, 0.2) is 58.1 Å². The Morgan fingerprint density at radius 1 is 1.15 bits per heavy atom. The Morgan fingerprint density at radius 3 is 2.65 bits per heavy atom. The summed E-state index contributed by atoms with van der Waals surface area (Å²) in [5.41, 5.74) is 1.56. The van der Waals surface area contributed by atoms with Crippen molar-refractivity contribution in [3.05, 3.63) is 68.5 Å². The van der Waals surface area contributed by atoms with Gasteiger partial charge >= 0.3 is 0 Å². The number of thiophene rings is 2. The van der Waals surface area contributed by atoms with E-state index in [1.54, 1.807) is 23.5 Å². The van der Waals surface area contributed by atoms with Gasteiger partial charge in [0, 0.05) is 17.3 Å². The van der Waals surface area contributed by atoms with Crippen molar-refractivity contribution in [1.29, 1.82) is 0 Å². The molecule has 1 aromatic carbocycles. The van der Waals surface area contributed by atoms with Crippen molar-refractivity contribution in [1.82, 2.24) is 5.32 Å². The van der Waals surface area contributed by atoms with Crippen molar-refractivity contribution in [3.8, 4) is 0 Å². The molecule has 136 valence electrons. The van der Waals surface area contributed by atoms with Gasteiger partial charge in [-0.05, 0) is 42.1 Å². The molecule has 26 heavy (non-hydrogen) atoms. The van der Waals surface area contributed by atoms with Crippen molar-refractivity contribution in [3.63, 3.8) is 0 Å². The highest BCUT2D eigenvalue weighted by Gasteiger charge is 2.24. The van der Waals surface area contributed by atoms with Crippen molar-refractivity contribution in [2.45, 2.75) is 18.4 Å². The maximum absolute atomic E-state index is 12.8. The van der Waals surface area contributed by atoms with E-state index in [2.05, 4.69) is 5.32 Å². The minimum atomic E-state index is -3.71. The summed E-state index contributed by atoms with van der Waals surface area (Å²) in [7, 11) is -2.20. The first-order valence-corrected chi connectivity index (χ1v) is 11.0. The van der Waals surface area contributed by atoms with Crippen LogP contribution in [0.2, 0.25) is 0 Å². The Bertz CT molecular complexity index is 1010.